The maximum Gasteiger partial charge on any atom is 0.162 e. The molecule has 0 unspecified atom stereocenters. The summed E-state index contributed by atoms with van der Waals surface area (Å²) in [6.45, 7) is 20.3. The molecule has 0 bridgehead atoms. The summed E-state index contributed by atoms with van der Waals surface area (Å²) in [7, 11) is -1.63. The second kappa shape index (κ2) is 13.2. The van der Waals surface area contributed by atoms with Gasteiger partial charge in [-0.1, -0.05) is 120 Å². The van der Waals surface area contributed by atoms with Crippen LogP contribution in [0.5, 0.6) is 0 Å². The monoisotopic (exact) mass is 858 g/mol. The van der Waals surface area contributed by atoms with E-state index < -0.39 is 8.07 Å². The van der Waals surface area contributed by atoms with Crippen molar-refractivity contribution in [3.8, 4) is 0 Å². The van der Waals surface area contributed by atoms with Crippen LogP contribution in [0.25, 0.3) is 59.8 Å². The number of benzene rings is 4. The first-order valence-electron chi connectivity index (χ1n) is 18.2. The first-order chi connectivity index (χ1) is 23.4. The molecular weight excluding hydrogens is 809 g/mol. The van der Waals surface area contributed by atoms with Crippen LogP contribution >= 0.6 is 0 Å². The summed E-state index contributed by atoms with van der Waals surface area (Å²) in [5.74, 6) is 0.547. The van der Waals surface area contributed by atoms with Crippen LogP contribution in [0, 0.1) is 17.9 Å². The van der Waals surface area contributed by atoms with E-state index >= 15 is 0 Å². The van der Waals surface area contributed by atoms with Gasteiger partial charge in [-0.15, -0.1) is 17.5 Å². The average Bonchev–Trinajstić information content (AvgIpc) is 3.43. The van der Waals surface area contributed by atoms with Crippen molar-refractivity contribution in [2.75, 3.05) is 0 Å². The Bertz CT molecular complexity index is 2440. The number of rotatable bonds is 8. The molecule has 4 aromatic carbocycles. The normalized spacial score (nSPS) is 14.3. The summed E-state index contributed by atoms with van der Waals surface area (Å²) in [6.07, 6.45) is 6.90. The van der Waals surface area contributed by atoms with Crippen molar-refractivity contribution in [2.24, 2.45) is 11.8 Å². The van der Waals surface area contributed by atoms with Gasteiger partial charge in [-0.3, -0.25) is 9.78 Å². The summed E-state index contributed by atoms with van der Waals surface area (Å²) in [4.78, 5) is 16.7. The van der Waals surface area contributed by atoms with E-state index in [1.54, 1.807) is 5.19 Å². The fourth-order valence-electron chi connectivity index (χ4n) is 8.63. The van der Waals surface area contributed by atoms with E-state index in [0.717, 1.165) is 36.6 Å². The van der Waals surface area contributed by atoms with Crippen LogP contribution < -0.4 is 5.19 Å². The molecule has 0 amide bonds. The molecule has 0 spiro atoms. The number of aliphatic hydroxyl groups excluding tert-OH is 1. The Morgan fingerprint density at radius 1 is 0.880 bits per heavy atom. The molecule has 0 saturated carbocycles. The summed E-state index contributed by atoms with van der Waals surface area (Å²) in [5.41, 5.74) is 7.79. The number of para-hydroxylation sites is 1. The van der Waals surface area contributed by atoms with Crippen LogP contribution in [-0.2, 0) is 30.3 Å². The van der Waals surface area contributed by atoms with Crippen LogP contribution in [0.15, 0.2) is 72.6 Å². The van der Waals surface area contributed by atoms with E-state index in [-0.39, 0.29) is 48.9 Å². The van der Waals surface area contributed by atoms with Crippen molar-refractivity contribution in [1.82, 2.24) is 9.38 Å². The van der Waals surface area contributed by atoms with Gasteiger partial charge in [-0.2, -0.15) is 0 Å². The molecule has 3 aromatic heterocycles. The Labute approximate surface area is 310 Å². The van der Waals surface area contributed by atoms with E-state index in [0.29, 0.717) is 0 Å². The number of aromatic nitrogens is 2. The predicted molar refractivity (Wildman–Crippen MR) is 212 cm³/mol. The van der Waals surface area contributed by atoms with Crippen molar-refractivity contribution in [2.45, 2.75) is 92.3 Å². The van der Waals surface area contributed by atoms with Gasteiger partial charge in [0.05, 0.1) is 19.3 Å². The van der Waals surface area contributed by atoms with Gasteiger partial charge in [0.15, 0.2) is 5.78 Å². The minimum absolute atomic E-state index is 0. The molecule has 0 fully saturated rings. The van der Waals surface area contributed by atoms with Crippen LogP contribution in [0.4, 0.5) is 0 Å². The smallest absolute Gasteiger partial charge is 0.162 e. The second-order valence-electron chi connectivity index (χ2n) is 15.6. The van der Waals surface area contributed by atoms with Gasteiger partial charge in [-0.25, -0.2) is 0 Å². The third-order valence-electron chi connectivity index (χ3n) is 11.4. The first kappa shape index (κ1) is 36.2. The largest absolute Gasteiger partial charge is 0.512 e. The molecule has 50 heavy (non-hydrogen) atoms. The Hall–Kier alpha value is -3.57. The van der Waals surface area contributed by atoms with E-state index in [1.807, 2.05) is 33.9 Å². The van der Waals surface area contributed by atoms with Crippen molar-refractivity contribution >= 4 is 78.8 Å². The molecule has 261 valence electrons. The number of aliphatic hydroxyl groups is 1. The molecule has 1 aliphatic heterocycles. The zero-order valence-electron chi connectivity index (χ0n) is 30.9. The van der Waals surface area contributed by atoms with E-state index in [9.17, 15) is 9.90 Å². The minimum atomic E-state index is -1.63. The number of hydrogen-bond donors (Lipinski definition) is 1. The molecule has 0 atom stereocenters. The molecule has 0 aliphatic carbocycles. The molecular formula is C44H49IrN2O2Si-. The summed E-state index contributed by atoms with van der Waals surface area (Å²) < 4.78 is 2.60. The number of pyridine rings is 2. The summed E-state index contributed by atoms with van der Waals surface area (Å²) >= 11 is 0. The third kappa shape index (κ3) is 5.33. The second-order valence-corrected chi connectivity index (χ2v) is 20.6. The van der Waals surface area contributed by atoms with Crippen LogP contribution in [0.1, 0.15) is 78.4 Å². The minimum Gasteiger partial charge on any atom is -0.512 e. The number of allylic oxidation sites excluding steroid dienone is 2. The summed E-state index contributed by atoms with van der Waals surface area (Å²) in [6, 6.07) is 24.2. The Morgan fingerprint density at radius 2 is 1.54 bits per heavy atom. The van der Waals surface area contributed by atoms with E-state index in [2.05, 4.69) is 98.6 Å². The van der Waals surface area contributed by atoms with Gasteiger partial charge >= 0.3 is 0 Å². The fourth-order valence-corrected chi connectivity index (χ4v) is 10.2. The molecule has 4 heterocycles. The van der Waals surface area contributed by atoms with Crippen molar-refractivity contribution < 1.29 is 30.0 Å². The van der Waals surface area contributed by atoms with Crippen LogP contribution in [-0.4, -0.2) is 28.3 Å². The van der Waals surface area contributed by atoms with Crippen molar-refractivity contribution in [3.05, 3.63) is 89.8 Å². The number of carbonyl (C=O) groups excluding carboxylic acids is 1. The van der Waals surface area contributed by atoms with E-state index in [4.69, 9.17) is 4.98 Å². The topological polar surface area (TPSA) is 54.6 Å². The molecule has 0 saturated heterocycles. The number of nitrogens with zero attached hydrogens (tertiary/aromatic N) is 2. The number of carbonyl (C=O) groups is 1. The van der Waals surface area contributed by atoms with Gasteiger partial charge < -0.3 is 9.51 Å². The van der Waals surface area contributed by atoms with Crippen molar-refractivity contribution in [1.29, 1.82) is 0 Å². The zero-order chi connectivity index (χ0) is 35.0. The molecule has 8 rings (SSSR count). The van der Waals surface area contributed by atoms with Gasteiger partial charge in [0.2, 0.25) is 0 Å². The Kier molecular flexibility index (Phi) is 9.56. The van der Waals surface area contributed by atoms with Crippen molar-refractivity contribution in [3.63, 3.8) is 0 Å². The summed E-state index contributed by atoms with van der Waals surface area (Å²) in [5, 5.41) is 20.3. The average molecular weight is 858 g/mol. The Morgan fingerprint density at radius 3 is 2.20 bits per heavy atom. The number of hydrogen-bond acceptors (Lipinski definition) is 3. The van der Waals surface area contributed by atoms with Gasteiger partial charge in [0.25, 0.3) is 0 Å². The fraction of sp³-hybridized carbons (Fsp3) is 0.364. The van der Waals surface area contributed by atoms with Gasteiger partial charge in [0, 0.05) is 71.4 Å². The maximum absolute atomic E-state index is 11.7. The third-order valence-corrected chi connectivity index (χ3v) is 13.4. The standard InChI is InChI=1S/C31H25N2Si.C13H24O2.Ir/c1-31(2)22-12-8-11-20-25-23(34(3,4)5)16-18-13-14-32-27-21-15-17-9-6-7-10-19(17)26(31)29(21)33(28(20)22)30(25)24(18)27;1-5-10(6-2)12(14)9-13(15)11(7-3)8-4;/h6-14,16H,1-5H3;9-11,14H,5-8H2,1-4H3;/q-1;;/b;12-9-;. The van der Waals surface area contributed by atoms with Gasteiger partial charge in [-0.05, 0) is 58.8 Å². The molecule has 1 radical (unpaired) electrons. The van der Waals surface area contributed by atoms with E-state index in [1.165, 1.54) is 66.1 Å². The SMILES string of the molecule is CC1(C)c2c3ccccc3[c-]c3c4nccc5cc([Si](C)(C)C)c6c7cccc1c7n(c23)c6c54.CCC(CC)C(=O)/C=C(\O)C(CC)CC.[Ir]. The molecule has 7 aromatic rings. The predicted octanol–water partition coefficient (Wildman–Crippen LogP) is 11.4. The molecule has 1 N–H and O–H groups in total. The molecule has 1 aliphatic rings. The van der Waals surface area contributed by atoms with Gasteiger partial charge in [0.1, 0.15) is 0 Å². The Balaban J connectivity index is 0.000000233. The van der Waals surface area contributed by atoms with Crippen LogP contribution in [0.3, 0.4) is 0 Å². The first-order valence-corrected chi connectivity index (χ1v) is 21.7. The zero-order valence-corrected chi connectivity index (χ0v) is 34.3. The molecule has 6 heteroatoms. The number of fused-ring (bicyclic) bond motifs is 4. The maximum atomic E-state index is 11.7. The number of ketones is 1. The molecule has 4 nitrogen and oxygen atoms in total. The quantitative estimate of drug-likeness (QED) is 0.0414. The van der Waals surface area contributed by atoms with Crippen LogP contribution in [0.2, 0.25) is 19.6 Å².